The van der Waals surface area contributed by atoms with Gasteiger partial charge in [-0.25, -0.2) is 10.4 Å². The zero-order valence-corrected chi connectivity index (χ0v) is 16.2. The summed E-state index contributed by atoms with van der Waals surface area (Å²) < 4.78 is 1.76. The van der Waals surface area contributed by atoms with E-state index in [9.17, 15) is 9.59 Å². The predicted molar refractivity (Wildman–Crippen MR) is 108 cm³/mol. The highest BCUT2D eigenvalue weighted by Crippen LogP contribution is 2.19. The normalized spacial score (nSPS) is 11.3. The smallest absolute Gasteiger partial charge is 0.276 e. The largest absolute Gasteiger partial charge is 0.332 e. The number of amides is 1. The molecule has 138 valence electrons. The lowest BCUT2D eigenvalue weighted by atomic mass is 10.1. The van der Waals surface area contributed by atoms with Gasteiger partial charge in [0.15, 0.2) is 0 Å². The number of pyridine rings is 2. The maximum atomic E-state index is 12.7. The average molecular weight is 403 g/mol. The molecule has 0 unspecified atom stereocenters. The van der Waals surface area contributed by atoms with Crippen LogP contribution in [0.25, 0.3) is 11.0 Å². The van der Waals surface area contributed by atoms with Gasteiger partial charge in [0.1, 0.15) is 11.2 Å². The van der Waals surface area contributed by atoms with Gasteiger partial charge in [-0.05, 0) is 38.1 Å². The van der Waals surface area contributed by atoms with E-state index in [-0.39, 0.29) is 11.0 Å². The van der Waals surface area contributed by atoms with E-state index in [0.717, 1.165) is 5.69 Å². The molecule has 2 heterocycles. The maximum Gasteiger partial charge on any atom is 0.276 e. The highest BCUT2D eigenvalue weighted by molar-refractivity contribution is 6.36. The lowest BCUT2D eigenvalue weighted by molar-refractivity contribution is 0.0953. The number of halogens is 2. The molecule has 0 aliphatic carbocycles. The molecular formula is C19H16Cl2N4O2. The molecule has 6 nitrogen and oxygen atoms in total. The second kappa shape index (κ2) is 7.90. The van der Waals surface area contributed by atoms with Crippen molar-refractivity contribution in [3.05, 3.63) is 73.6 Å². The molecule has 27 heavy (non-hydrogen) atoms. The van der Waals surface area contributed by atoms with Crippen molar-refractivity contribution in [1.82, 2.24) is 15.0 Å². The summed E-state index contributed by atoms with van der Waals surface area (Å²) >= 11 is 11.9. The number of carbonyl (C=O) groups is 1. The van der Waals surface area contributed by atoms with Gasteiger partial charge in [-0.3, -0.25) is 9.59 Å². The summed E-state index contributed by atoms with van der Waals surface area (Å²) in [5.74, 6) is -0.606. The Labute approximate surface area is 165 Å². The van der Waals surface area contributed by atoms with Crippen LogP contribution in [0, 0.1) is 6.92 Å². The van der Waals surface area contributed by atoms with Crippen LogP contribution in [0.15, 0.2) is 46.4 Å². The molecule has 0 aliphatic rings. The number of nitrogens with zero attached hydrogens (tertiary/aromatic N) is 3. The number of aryl methyl sites for hydroxylation is 2. The van der Waals surface area contributed by atoms with Gasteiger partial charge in [-0.15, -0.1) is 0 Å². The van der Waals surface area contributed by atoms with E-state index < -0.39 is 5.91 Å². The first-order valence-corrected chi connectivity index (χ1v) is 8.95. The zero-order chi connectivity index (χ0) is 19.6. The van der Waals surface area contributed by atoms with E-state index in [1.807, 2.05) is 13.8 Å². The minimum Gasteiger partial charge on any atom is -0.332 e. The highest BCUT2D eigenvalue weighted by atomic mass is 35.5. The number of hydrogen-bond donors (Lipinski definition) is 1. The van der Waals surface area contributed by atoms with Crippen LogP contribution in [0.2, 0.25) is 10.0 Å². The molecule has 2 aromatic heterocycles. The van der Waals surface area contributed by atoms with Gasteiger partial charge in [0.05, 0.1) is 16.6 Å². The molecule has 0 saturated heterocycles. The minimum absolute atomic E-state index is 0.00523. The highest BCUT2D eigenvalue weighted by Gasteiger charge is 2.15. The van der Waals surface area contributed by atoms with Crippen molar-refractivity contribution in [2.45, 2.75) is 20.4 Å². The molecule has 0 spiro atoms. The molecule has 1 aromatic carbocycles. The first-order chi connectivity index (χ1) is 12.9. The fourth-order valence-corrected chi connectivity index (χ4v) is 3.05. The second-order valence-electron chi connectivity index (χ2n) is 5.85. The molecule has 0 atom stereocenters. The molecule has 0 aliphatic heterocycles. The average Bonchev–Trinajstić information content (AvgIpc) is 2.63. The van der Waals surface area contributed by atoms with Gasteiger partial charge < -0.3 is 4.57 Å². The lowest BCUT2D eigenvalue weighted by Crippen LogP contribution is -2.27. The second-order valence-corrected chi connectivity index (χ2v) is 6.69. The van der Waals surface area contributed by atoms with Crippen molar-refractivity contribution < 1.29 is 4.79 Å². The van der Waals surface area contributed by atoms with Crippen LogP contribution in [0.3, 0.4) is 0 Å². The molecule has 0 saturated carbocycles. The first kappa shape index (κ1) is 19.1. The van der Waals surface area contributed by atoms with E-state index in [2.05, 4.69) is 15.5 Å². The van der Waals surface area contributed by atoms with Gasteiger partial charge in [-0.2, -0.15) is 5.10 Å². The number of aromatic nitrogens is 2. The molecule has 3 rings (SSSR count). The summed E-state index contributed by atoms with van der Waals surface area (Å²) in [5.41, 5.74) is 3.90. The molecule has 0 radical (unpaired) electrons. The molecule has 0 bridgehead atoms. The Morgan fingerprint density at radius 2 is 2.07 bits per heavy atom. The SMILES string of the molecule is CCn1cc(C(=O)N/N=C/c2ccc(Cl)cc2Cl)c(=O)c2ccc(C)nc21. The van der Waals surface area contributed by atoms with Gasteiger partial charge in [0, 0.05) is 29.0 Å². The minimum atomic E-state index is -0.606. The Balaban J connectivity index is 1.91. The standard InChI is InChI=1S/C19H16Cl2N4O2/c1-3-25-10-15(17(26)14-7-4-11(2)23-18(14)25)19(27)24-22-9-12-5-6-13(20)8-16(12)21/h4-10H,3H2,1-2H3,(H,24,27)/b22-9+. The van der Waals surface area contributed by atoms with E-state index in [1.54, 1.807) is 34.9 Å². The Hall–Kier alpha value is -2.70. The molecular weight excluding hydrogens is 387 g/mol. The van der Waals surface area contributed by atoms with Gasteiger partial charge in [-0.1, -0.05) is 29.3 Å². The van der Waals surface area contributed by atoms with E-state index in [1.165, 1.54) is 12.4 Å². The van der Waals surface area contributed by atoms with Gasteiger partial charge in [0.25, 0.3) is 5.91 Å². The van der Waals surface area contributed by atoms with Crippen LogP contribution < -0.4 is 10.9 Å². The third-order valence-corrected chi connectivity index (χ3v) is 4.54. The van der Waals surface area contributed by atoms with Crippen molar-refractivity contribution >= 4 is 46.4 Å². The Kier molecular flexibility index (Phi) is 5.58. The van der Waals surface area contributed by atoms with Crippen LogP contribution in [-0.4, -0.2) is 21.7 Å². The molecule has 1 N–H and O–H groups in total. The van der Waals surface area contributed by atoms with Crippen LogP contribution in [0.5, 0.6) is 0 Å². The number of benzene rings is 1. The molecule has 8 heteroatoms. The quantitative estimate of drug-likeness (QED) is 0.532. The molecule has 0 fully saturated rings. The number of nitrogens with one attached hydrogen (secondary N) is 1. The van der Waals surface area contributed by atoms with Crippen molar-refractivity contribution in [2.24, 2.45) is 5.10 Å². The van der Waals surface area contributed by atoms with E-state index in [0.29, 0.717) is 33.2 Å². The summed E-state index contributed by atoms with van der Waals surface area (Å²) in [4.78, 5) is 29.5. The van der Waals surface area contributed by atoms with Crippen LogP contribution in [0.1, 0.15) is 28.5 Å². The molecule has 3 aromatic rings. The van der Waals surface area contributed by atoms with Gasteiger partial charge >= 0.3 is 0 Å². The number of hydrogen-bond acceptors (Lipinski definition) is 4. The van der Waals surface area contributed by atoms with Crippen molar-refractivity contribution in [1.29, 1.82) is 0 Å². The Morgan fingerprint density at radius 1 is 1.30 bits per heavy atom. The van der Waals surface area contributed by atoms with Crippen LogP contribution >= 0.6 is 23.2 Å². The summed E-state index contributed by atoms with van der Waals surface area (Å²) in [6.45, 7) is 4.33. The Bertz CT molecular complexity index is 1120. The van der Waals surface area contributed by atoms with Crippen LogP contribution in [0.4, 0.5) is 0 Å². The van der Waals surface area contributed by atoms with Crippen molar-refractivity contribution in [2.75, 3.05) is 0 Å². The third kappa shape index (κ3) is 4.02. The zero-order valence-electron chi connectivity index (χ0n) is 14.7. The topological polar surface area (TPSA) is 76.3 Å². The number of hydrazone groups is 1. The summed E-state index contributed by atoms with van der Waals surface area (Å²) in [7, 11) is 0. The summed E-state index contributed by atoms with van der Waals surface area (Å²) in [6, 6.07) is 8.33. The van der Waals surface area contributed by atoms with Crippen molar-refractivity contribution in [3.8, 4) is 0 Å². The first-order valence-electron chi connectivity index (χ1n) is 8.20. The maximum absolute atomic E-state index is 12.7. The Morgan fingerprint density at radius 3 is 2.78 bits per heavy atom. The number of rotatable bonds is 4. The lowest BCUT2D eigenvalue weighted by Gasteiger charge is -2.10. The van der Waals surface area contributed by atoms with Gasteiger partial charge in [0.2, 0.25) is 5.43 Å². The predicted octanol–water partition coefficient (Wildman–Crippen LogP) is 3.80. The van der Waals surface area contributed by atoms with Crippen molar-refractivity contribution in [3.63, 3.8) is 0 Å². The third-order valence-electron chi connectivity index (χ3n) is 3.98. The summed E-state index contributed by atoms with van der Waals surface area (Å²) in [5, 5.41) is 5.18. The summed E-state index contributed by atoms with van der Waals surface area (Å²) in [6.07, 6.45) is 2.89. The number of fused-ring (bicyclic) bond motifs is 1. The molecule has 1 amide bonds. The van der Waals surface area contributed by atoms with Crippen LogP contribution in [-0.2, 0) is 6.54 Å². The van der Waals surface area contributed by atoms with E-state index in [4.69, 9.17) is 23.2 Å². The monoisotopic (exact) mass is 402 g/mol. The number of carbonyl (C=O) groups excluding carboxylic acids is 1. The van der Waals surface area contributed by atoms with E-state index >= 15 is 0 Å². The fraction of sp³-hybridized carbons (Fsp3) is 0.158. The fourth-order valence-electron chi connectivity index (χ4n) is 2.59.